The molecule has 0 aliphatic carbocycles. The first-order chi connectivity index (χ1) is 9.61. The lowest BCUT2D eigenvalue weighted by molar-refractivity contribution is -0.137. The minimum absolute atomic E-state index is 0.169. The second kappa shape index (κ2) is 5.19. The van der Waals surface area contributed by atoms with Gasteiger partial charge in [-0.25, -0.2) is 9.36 Å². The first-order valence-corrected chi connectivity index (χ1v) is 5.95. The molecule has 2 rings (SSSR count). The fourth-order valence-electron chi connectivity index (χ4n) is 1.59. The quantitative estimate of drug-likeness (QED) is 0.639. The van der Waals surface area contributed by atoms with Gasteiger partial charge in [-0.2, -0.15) is 17.6 Å². The average molecular weight is 343 g/mol. The van der Waals surface area contributed by atoms with Crippen LogP contribution in [0.5, 0.6) is 0 Å². The summed E-state index contributed by atoms with van der Waals surface area (Å²) >= 11 is 10.8. The zero-order valence-corrected chi connectivity index (χ0v) is 11.3. The molecule has 0 aliphatic rings. The van der Waals surface area contributed by atoms with E-state index in [1.807, 2.05) is 0 Å². The van der Waals surface area contributed by atoms with Crippen LogP contribution < -0.4 is 11.2 Å². The monoisotopic (exact) mass is 342 g/mol. The van der Waals surface area contributed by atoms with E-state index in [1.54, 1.807) is 4.98 Å². The maximum atomic E-state index is 13.4. The molecule has 4 nitrogen and oxygen atoms in total. The molecule has 0 aliphatic heterocycles. The lowest BCUT2D eigenvalue weighted by Crippen LogP contribution is -2.36. The van der Waals surface area contributed by atoms with Gasteiger partial charge >= 0.3 is 11.9 Å². The minimum Gasteiger partial charge on any atom is -0.295 e. The van der Waals surface area contributed by atoms with E-state index in [2.05, 4.69) is 0 Å². The molecule has 0 spiro atoms. The molecule has 21 heavy (non-hydrogen) atoms. The number of hydrogen-bond donors (Lipinski definition) is 1. The Hall–Kier alpha value is -1.80. The maximum Gasteiger partial charge on any atom is 0.416 e. The SMILES string of the molecule is O=c1[nH]c(Cl)c(F)c(=O)n1-c1cc(Cl)cc(C(F)(F)F)c1. The summed E-state index contributed by atoms with van der Waals surface area (Å²) in [7, 11) is 0. The van der Waals surface area contributed by atoms with E-state index >= 15 is 0 Å². The number of halogens is 6. The van der Waals surface area contributed by atoms with Crippen LogP contribution >= 0.6 is 23.2 Å². The van der Waals surface area contributed by atoms with E-state index in [0.29, 0.717) is 12.1 Å². The van der Waals surface area contributed by atoms with Crippen LogP contribution in [-0.2, 0) is 6.18 Å². The molecular weight excluding hydrogens is 339 g/mol. The highest BCUT2D eigenvalue weighted by Crippen LogP contribution is 2.32. The van der Waals surface area contributed by atoms with Crippen LogP contribution in [0.4, 0.5) is 17.6 Å². The van der Waals surface area contributed by atoms with Crippen molar-refractivity contribution in [3.05, 3.63) is 60.6 Å². The fourth-order valence-corrected chi connectivity index (χ4v) is 1.98. The van der Waals surface area contributed by atoms with Gasteiger partial charge in [0, 0.05) is 5.02 Å². The van der Waals surface area contributed by atoms with E-state index in [1.165, 1.54) is 0 Å². The summed E-state index contributed by atoms with van der Waals surface area (Å²) in [5.74, 6) is -1.50. The molecule has 0 saturated carbocycles. The molecule has 10 heteroatoms. The maximum absolute atomic E-state index is 13.4. The van der Waals surface area contributed by atoms with E-state index in [0.717, 1.165) is 6.07 Å². The van der Waals surface area contributed by atoms with Crippen molar-refractivity contribution in [3.8, 4) is 5.69 Å². The van der Waals surface area contributed by atoms with Gasteiger partial charge in [0.25, 0.3) is 5.56 Å². The predicted molar refractivity (Wildman–Crippen MR) is 67.6 cm³/mol. The molecule has 112 valence electrons. The van der Waals surface area contributed by atoms with Gasteiger partial charge in [0.2, 0.25) is 5.82 Å². The number of nitrogens with zero attached hydrogens (tertiary/aromatic N) is 1. The molecular formula is C11H4Cl2F4N2O2. The Kier molecular flexibility index (Phi) is 3.85. The van der Waals surface area contributed by atoms with Gasteiger partial charge in [0.1, 0.15) is 0 Å². The third-order valence-corrected chi connectivity index (χ3v) is 2.95. The summed E-state index contributed by atoms with van der Waals surface area (Å²) in [5.41, 5.74) is -4.40. The molecule has 0 radical (unpaired) electrons. The largest absolute Gasteiger partial charge is 0.416 e. The number of rotatable bonds is 1. The van der Waals surface area contributed by atoms with E-state index in [4.69, 9.17) is 23.2 Å². The van der Waals surface area contributed by atoms with Crippen LogP contribution in [0.3, 0.4) is 0 Å². The standard InChI is InChI=1S/C11H4Cl2F4N2O2/c12-5-1-4(11(15,16)17)2-6(3-5)19-9(20)7(14)8(13)18-10(19)21/h1-3H,(H,18,21). The van der Waals surface area contributed by atoms with Crippen LogP contribution in [0.25, 0.3) is 5.69 Å². The van der Waals surface area contributed by atoms with Crippen molar-refractivity contribution in [1.82, 2.24) is 9.55 Å². The van der Waals surface area contributed by atoms with Gasteiger partial charge in [-0.1, -0.05) is 23.2 Å². The number of H-pyrrole nitrogens is 1. The van der Waals surface area contributed by atoms with Gasteiger partial charge in [0.15, 0.2) is 5.15 Å². The molecule has 1 aromatic carbocycles. The van der Waals surface area contributed by atoms with Crippen molar-refractivity contribution in [3.63, 3.8) is 0 Å². The van der Waals surface area contributed by atoms with Crippen LogP contribution in [-0.4, -0.2) is 9.55 Å². The molecule has 0 bridgehead atoms. The summed E-state index contributed by atoms with van der Waals surface area (Å²) in [5, 5.41) is -1.21. The van der Waals surface area contributed by atoms with Crippen molar-refractivity contribution in [2.24, 2.45) is 0 Å². The number of aromatic nitrogens is 2. The van der Waals surface area contributed by atoms with Crippen LogP contribution in [0.15, 0.2) is 27.8 Å². The fraction of sp³-hybridized carbons (Fsp3) is 0.0909. The van der Waals surface area contributed by atoms with Crippen LogP contribution in [0, 0.1) is 5.82 Å². The Morgan fingerprint density at radius 3 is 2.29 bits per heavy atom. The Balaban J connectivity index is 2.81. The van der Waals surface area contributed by atoms with Gasteiger partial charge in [-0.15, -0.1) is 0 Å². The van der Waals surface area contributed by atoms with Crippen molar-refractivity contribution in [2.75, 3.05) is 0 Å². The normalized spacial score (nSPS) is 11.7. The summed E-state index contributed by atoms with van der Waals surface area (Å²) < 4.78 is 51.6. The highest BCUT2D eigenvalue weighted by molar-refractivity contribution is 6.30. The number of nitrogens with one attached hydrogen (secondary N) is 1. The van der Waals surface area contributed by atoms with E-state index in [-0.39, 0.29) is 9.59 Å². The Morgan fingerprint density at radius 1 is 1.10 bits per heavy atom. The zero-order chi connectivity index (χ0) is 15.9. The Bertz CT molecular complexity index is 826. The number of aromatic amines is 1. The third-order valence-electron chi connectivity index (χ3n) is 2.47. The van der Waals surface area contributed by atoms with Crippen molar-refractivity contribution in [1.29, 1.82) is 0 Å². The highest BCUT2D eigenvalue weighted by atomic mass is 35.5. The molecule has 0 unspecified atom stereocenters. The van der Waals surface area contributed by atoms with Crippen molar-refractivity contribution < 1.29 is 17.6 Å². The average Bonchev–Trinajstić information content (AvgIpc) is 2.34. The molecule has 1 aromatic heterocycles. The summed E-state index contributed by atoms with van der Waals surface area (Å²) in [6.07, 6.45) is -4.75. The number of alkyl halides is 3. The Labute approximate surface area is 123 Å². The second-order valence-corrected chi connectivity index (χ2v) is 4.71. The molecule has 0 saturated heterocycles. The van der Waals surface area contributed by atoms with Crippen molar-refractivity contribution in [2.45, 2.75) is 6.18 Å². The summed E-state index contributed by atoms with van der Waals surface area (Å²) in [4.78, 5) is 25.1. The van der Waals surface area contributed by atoms with E-state index < -0.39 is 39.6 Å². The lowest BCUT2D eigenvalue weighted by Gasteiger charge is -2.11. The summed E-state index contributed by atoms with van der Waals surface area (Å²) in [6, 6.07) is 2.02. The van der Waals surface area contributed by atoms with Crippen molar-refractivity contribution >= 4 is 23.2 Å². The first kappa shape index (κ1) is 15.6. The second-order valence-electron chi connectivity index (χ2n) is 3.89. The van der Waals surface area contributed by atoms with Crippen LogP contribution in [0.2, 0.25) is 10.2 Å². The zero-order valence-electron chi connectivity index (χ0n) is 9.76. The smallest absolute Gasteiger partial charge is 0.295 e. The molecule has 0 atom stereocenters. The predicted octanol–water partition coefficient (Wildman–Crippen LogP) is 2.99. The summed E-state index contributed by atoms with van der Waals surface area (Å²) in [6.45, 7) is 0. The van der Waals surface area contributed by atoms with Crippen LogP contribution in [0.1, 0.15) is 5.56 Å². The molecule has 0 amide bonds. The van der Waals surface area contributed by atoms with Gasteiger partial charge in [0.05, 0.1) is 11.3 Å². The van der Waals surface area contributed by atoms with Gasteiger partial charge < -0.3 is 0 Å². The van der Waals surface area contributed by atoms with Gasteiger partial charge in [-0.3, -0.25) is 9.78 Å². The third kappa shape index (κ3) is 2.96. The minimum atomic E-state index is -4.75. The number of hydrogen-bond acceptors (Lipinski definition) is 2. The lowest BCUT2D eigenvalue weighted by atomic mass is 10.2. The molecule has 2 aromatic rings. The topological polar surface area (TPSA) is 54.9 Å². The Morgan fingerprint density at radius 2 is 1.71 bits per heavy atom. The number of benzene rings is 1. The molecule has 1 N–H and O–H groups in total. The molecule has 0 fully saturated rings. The first-order valence-electron chi connectivity index (χ1n) is 5.20. The van der Waals surface area contributed by atoms with E-state index in [9.17, 15) is 27.2 Å². The molecule has 1 heterocycles. The van der Waals surface area contributed by atoms with Gasteiger partial charge in [-0.05, 0) is 18.2 Å². The highest BCUT2D eigenvalue weighted by Gasteiger charge is 2.31.